The van der Waals surface area contributed by atoms with Crippen molar-refractivity contribution in [3.63, 3.8) is 0 Å². The first-order valence-corrected chi connectivity index (χ1v) is 7.79. The highest BCUT2D eigenvalue weighted by molar-refractivity contribution is 9.10. The van der Waals surface area contributed by atoms with Crippen LogP contribution in [0.4, 0.5) is 0 Å². The van der Waals surface area contributed by atoms with Crippen LogP contribution in [-0.4, -0.2) is 14.9 Å². The zero-order chi connectivity index (χ0) is 14.8. The molecule has 0 aliphatic carbocycles. The van der Waals surface area contributed by atoms with Crippen molar-refractivity contribution in [1.29, 1.82) is 0 Å². The number of aryl methyl sites for hydroxylation is 1. The van der Waals surface area contributed by atoms with Gasteiger partial charge in [0.05, 0.1) is 16.4 Å². The van der Waals surface area contributed by atoms with E-state index in [9.17, 15) is 5.11 Å². The number of halogens is 2. The Morgan fingerprint density at radius 1 is 1.35 bits per heavy atom. The fraction of sp³-hybridized carbons (Fsp3) is 0.400. The number of aliphatic hydroxyl groups is 1. The van der Waals surface area contributed by atoms with E-state index < -0.39 is 5.60 Å². The van der Waals surface area contributed by atoms with Crippen molar-refractivity contribution in [2.24, 2.45) is 0 Å². The third-order valence-electron chi connectivity index (χ3n) is 3.20. The summed E-state index contributed by atoms with van der Waals surface area (Å²) in [7, 11) is 0. The maximum atomic E-state index is 10.9. The average Bonchev–Trinajstić information content (AvgIpc) is 2.74. The quantitative estimate of drug-likeness (QED) is 0.872. The molecule has 1 unspecified atom stereocenters. The molecule has 0 aliphatic heterocycles. The van der Waals surface area contributed by atoms with E-state index in [0.717, 1.165) is 28.7 Å². The maximum absolute atomic E-state index is 10.9. The molecule has 0 amide bonds. The van der Waals surface area contributed by atoms with Crippen LogP contribution in [0.5, 0.6) is 0 Å². The number of nitrogens with zero attached hydrogens (tertiary/aromatic N) is 2. The van der Waals surface area contributed by atoms with Gasteiger partial charge in [-0.3, -0.25) is 4.68 Å². The molecule has 0 aliphatic rings. The Morgan fingerprint density at radius 3 is 2.60 bits per heavy atom. The van der Waals surface area contributed by atoms with Gasteiger partial charge >= 0.3 is 0 Å². The van der Waals surface area contributed by atoms with Gasteiger partial charge in [-0.1, -0.05) is 30.7 Å². The smallest absolute Gasteiger partial charge is 0.109 e. The minimum absolute atomic E-state index is 0.512. The normalized spacial score (nSPS) is 14.2. The van der Waals surface area contributed by atoms with Crippen molar-refractivity contribution >= 4 is 27.5 Å². The molecule has 0 radical (unpaired) electrons. The summed E-state index contributed by atoms with van der Waals surface area (Å²) < 4.78 is 2.70. The molecule has 3 nitrogen and oxygen atoms in total. The lowest BCUT2D eigenvalue weighted by molar-refractivity contribution is 0.0470. The Balaban J connectivity index is 2.29. The monoisotopic (exact) mass is 356 g/mol. The molecule has 1 N–H and O–H groups in total. The first kappa shape index (κ1) is 15.5. The molecule has 0 spiro atoms. The van der Waals surface area contributed by atoms with Crippen molar-refractivity contribution in [3.8, 4) is 0 Å². The second kappa shape index (κ2) is 6.29. The van der Waals surface area contributed by atoms with Crippen LogP contribution in [0.15, 0.2) is 34.9 Å². The van der Waals surface area contributed by atoms with Gasteiger partial charge in [0, 0.05) is 18.0 Å². The lowest BCUT2D eigenvalue weighted by Gasteiger charge is -2.25. The van der Waals surface area contributed by atoms with E-state index in [0.29, 0.717) is 11.4 Å². The zero-order valence-corrected chi connectivity index (χ0v) is 13.9. The minimum atomic E-state index is -0.988. The van der Waals surface area contributed by atoms with Gasteiger partial charge in [-0.2, -0.15) is 5.10 Å². The predicted octanol–water partition coefficient (Wildman–Crippen LogP) is 4.16. The Morgan fingerprint density at radius 2 is 2.00 bits per heavy atom. The van der Waals surface area contributed by atoms with E-state index in [1.54, 1.807) is 6.20 Å². The van der Waals surface area contributed by atoms with Crippen LogP contribution in [0, 0.1) is 0 Å². The summed E-state index contributed by atoms with van der Waals surface area (Å²) in [5.41, 5.74) is 0.864. The number of hydrogen-bond acceptors (Lipinski definition) is 2. The van der Waals surface area contributed by atoms with Crippen molar-refractivity contribution in [2.75, 3.05) is 0 Å². The van der Waals surface area contributed by atoms with Crippen molar-refractivity contribution in [1.82, 2.24) is 9.78 Å². The molecule has 1 aromatic heterocycles. The highest BCUT2D eigenvalue weighted by Crippen LogP contribution is 2.31. The summed E-state index contributed by atoms with van der Waals surface area (Å²) in [5.74, 6) is 0. The zero-order valence-electron chi connectivity index (χ0n) is 11.6. The maximum Gasteiger partial charge on any atom is 0.109 e. The van der Waals surface area contributed by atoms with Crippen LogP contribution in [-0.2, 0) is 18.6 Å². The van der Waals surface area contributed by atoms with Crippen molar-refractivity contribution in [3.05, 3.63) is 51.2 Å². The standard InChI is InChI=1S/C15H18BrClN2O/c1-3-8-19-14(13(16)10-18-19)15(2,20)9-11-4-6-12(17)7-5-11/h4-7,10,20H,3,8-9H2,1-2H3. The summed E-state index contributed by atoms with van der Waals surface area (Å²) in [6.45, 7) is 4.69. The highest BCUT2D eigenvalue weighted by Gasteiger charge is 2.30. The van der Waals surface area contributed by atoms with Gasteiger partial charge in [0.2, 0.25) is 0 Å². The molecule has 1 heterocycles. The largest absolute Gasteiger partial charge is 0.383 e. The summed E-state index contributed by atoms with van der Waals surface area (Å²) >= 11 is 9.37. The lowest BCUT2D eigenvalue weighted by Crippen LogP contribution is -2.28. The van der Waals surface area contributed by atoms with E-state index in [2.05, 4.69) is 28.0 Å². The molecule has 2 aromatic rings. The molecule has 108 valence electrons. The molecule has 0 bridgehead atoms. The van der Waals surface area contributed by atoms with Crippen LogP contribution in [0.1, 0.15) is 31.5 Å². The van der Waals surface area contributed by atoms with Crippen molar-refractivity contribution < 1.29 is 5.11 Å². The van der Waals surface area contributed by atoms with Gasteiger partial charge in [-0.05, 0) is 47.0 Å². The third kappa shape index (κ3) is 3.43. The van der Waals surface area contributed by atoms with E-state index in [-0.39, 0.29) is 0 Å². The molecule has 2 rings (SSSR count). The third-order valence-corrected chi connectivity index (χ3v) is 4.03. The van der Waals surface area contributed by atoms with Crippen LogP contribution in [0.2, 0.25) is 5.02 Å². The molecule has 5 heteroatoms. The van der Waals surface area contributed by atoms with Gasteiger partial charge in [0.25, 0.3) is 0 Å². The van der Waals surface area contributed by atoms with E-state index in [1.165, 1.54) is 0 Å². The molecular weight excluding hydrogens is 340 g/mol. The molecule has 0 saturated heterocycles. The van der Waals surface area contributed by atoms with Gasteiger partial charge < -0.3 is 5.11 Å². The summed E-state index contributed by atoms with van der Waals surface area (Å²) in [6.07, 6.45) is 3.22. The summed E-state index contributed by atoms with van der Waals surface area (Å²) in [5, 5.41) is 15.9. The topological polar surface area (TPSA) is 38.0 Å². The Kier molecular flexibility index (Phi) is 4.89. The van der Waals surface area contributed by atoms with Gasteiger partial charge in [-0.25, -0.2) is 0 Å². The van der Waals surface area contributed by atoms with Crippen LogP contribution in [0.3, 0.4) is 0 Å². The molecule has 20 heavy (non-hydrogen) atoms. The first-order chi connectivity index (χ1) is 9.44. The average molecular weight is 358 g/mol. The first-order valence-electron chi connectivity index (χ1n) is 6.62. The minimum Gasteiger partial charge on any atom is -0.383 e. The van der Waals surface area contributed by atoms with Crippen LogP contribution >= 0.6 is 27.5 Å². The van der Waals surface area contributed by atoms with Crippen LogP contribution in [0.25, 0.3) is 0 Å². The number of aromatic nitrogens is 2. The second-order valence-electron chi connectivity index (χ2n) is 5.14. The molecule has 0 fully saturated rings. The molecule has 1 atom stereocenters. The SMILES string of the molecule is CCCn1ncc(Br)c1C(C)(O)Cc1ccc(Cl)cc1. The lowest BCUT2D eigenvalue weighted by atomic mass is 9.93. The van der Waals surface area contributed by atoms with Crippen LogP contribution < -0.4 is 0 Å². The predicted molar refractivity (Wildman–Crippen MR) is 84.9 cm³/mol. The van der Waals surface area contributed by atoms with Crippen molar-refractivity contribution in [2.45, 2.75) is 38.8 Å². The number of benzene rings is 1. The van der Waals surface area contributed by atoms with Gasteiger partial charge in [0.1, 0.15) is 5.60 Å². The molecule has 0 saturated carbocycles. The molecule has 1 aromatic carbocycles. The number of hydrogen-bond donors (Lipinski definition) is 1. The highest BCUT2D eigenvalue weighted by atomic mass is 79.9. The second-order valence-corrected chi connectivity index (χ2v) is 6.43. The molecular formula is C15H18BrClN2O. The number of rotatable bonds is 5. The fourth-order valence-electron chi connectivity index (χ4n) is 2.36. The summed E-state index contributed by atoms with van der Waals surface area (Å²) in [6, 6.07) is 7.55. The van der Waals surface area contributed by atoms with E-state index in [1.807, 2.05) is 35.9 Å². The van der Waals surface area contributed by atoms with E-state index >= 15 is 0 Å². The fourth-order valence-corrected chi connectivity index (χ4v) is 3.21. The Labute approximate surface area is 132 Å². The Hall–Kier alpha value is -0.840. The van der Waals surface area contributed by atoms with Gasteiger partial charge in [0.15, 0.2) is 0 Å². The summed E-state index contributed by atoms with van der Waals surface area (Å²) in [4.78, 5) is 0. The van der Waals surface area contributed by atoms with E-state index in [4.69, 9.17) is 11.6 Å². The Bertz CT molecular complexity index is 578. The van der Waals surface area contributed by atoms with Gasteiger partial charge in [-0.15, -0.1) is 0 Å².